The molecular formula is C13H15N5. The van der Waals surface area contributed by atoms with Crippen LogP contribution in [0, 0.1) is 6.92 Å². The molecular weight excluding hydrogens is 226 g/mol. The normalized spacial score (nSPS) is 19.2. The third-order valence-corrected chi connectivity index (χ3v) is 3.33. The van der Waals surface area contributed by atoms with Crippen molar-refractivity contribution in [3.63, 3.8) is 0 Å². The molecule has 0 aliphatic carbocycles. The third kappa shape index (κ3) is 1.92. The van der Waals surface area contributed by atoms with E-state index < -0.39 is 0 Å². The summed E-state index contributed by atoms with van der Waals surface area (Å²) in [5, 5.41) is 0. The molecule has 5 heteroatoms. The molecule has 1 aliphatic rings. The minimum absolute atomic E-state index is 0.274. The lowest BCUT2D eigenvalue weighted by molar-refractivity contribution is 0.674. The van der Waals surface area contributed by atoms with E-state index in [0.29, 0.717) is 0 Å². The number of aromatic nitrogens is 4. The average Bonchev–Trinajstić information content (AvgIpc) is 2.89. The van der Waals surface area contributed by atoms with Gasteiger partial charge in [0.05, 0.1) is 23.6 Å². The number of hydrogen-bond donors (Lipinski definition) is 0. The number of anilines is 1. The van der Waals surface area contributed by atoms with Gasteiger partial charge in [0.25, 0.3) is 0 Å². The van der Waals surface area contributed by atoms with E-state index in [1.807, 2.05) is 13.1 Å². The van der Waals surface area contributed by atoms with E-state index in [0.717, 1.165) is 36.6 Å². The fraction of sp³-hybridized carbons (Fsp3) is 0.385. The fourth-order valence-corrected chi connectivity index (χ4v) is 2.51. The quantitative estimate of drug-likeness (QED) is 0.804. The van der Waals surface area contributed by atoms with Crippen molar-refractivity contribution in [1.82, 2.24) is 19.9 Å². The monoisotopic (exact) mass is 241 g/mol. The molecule has 18 heavy (non-hydrogen) atoms. The highest BCUT2D eigenvalue weighted by molar-refractivity contribution is 5.41. The molecule has 3 rings (SSSR count). The van der Waals surface area contributed by atoms with Crippen LogP contribution in [0.15, 0.2) is 31.0 Å². The standard InChI is InChI=1S/C13H15N5/c1-10-13(17-7-6-15-10)11-3-2-8-18(11)12-9-14-4-5-16-12/h4-7,9,11H,2-3,8H2,1H3/t11-/m1/s1. The second-order valence-electron chi connectivity index (χ2n) is 4.44. The first-order valence-electron chi connectivity index (χ1n) is 6.16. The van der Waals surface area contributed by atoms with Crippen molar-refractivity contribution in [2.75, 3.05) is 11.4 Å². The summed E-state index contributed by atoms with van der Waals surface area (Å²) in [6, 6.07) is 0.274. The van der Waals surface area contributed by atoms with Gasteiger partial charge in [-0.2, -0.15) is 0 Å². The molecule has 1 aliphatic heterocycles. The number of nitrogens with zero attached hydrogens (tertiary/aromatic N) is 5. The van der Waals surface area contributed by atoms with Crippen LogP contribution in [0.25, 0.3) is 0 Å². The lowest BCUT2D eigenvalue weighted by Crippen LogP contribution is -2.25. The van der Waals surface area contributed by atoms with Crippen LogP contribution in [-0.4, -0.2) is 26.5 Å². The Bertz CT molecular complexity index is 528. The maximum Gasteiger partial charge on any atom is 0.147 e. The fourth-order valence-electron chi connectivity index (χ4n) is 2.51. The Morgan fingerprint density at radius 2 is 1.94 bits per heavy atom. The van der Waals surface area contributed by atoms with Gasteiger partial charge in [-0.25, -0.2) is 4.98 Å². The molecule has 0 unspecified atom stereocenters. The predicted octanol–water partition coefficient (Wildman–Crippen LogP) is 1.92. The largest absolute Gasteiger partial charge is 0.347 e. The molecule has 0 N–H and O–H groups in total. The Kier molecular flexibility index (Phi) is 2.88. The summed E-state index contributed by atoms with van der Waals surface area (Å²) in [6.07, 6.45) is 11.0. The molecule has 1 fully saturated rings. The first kappa shape index (κ1) is 11.1. The maximum atomic E-state index is 4.48. The highest BCUT2D eigenvalue weighted by Crippen LogP contribution is 2.34. The summed E-state index contributed by atoms with van der Waals surface area (Å²) in [6.45, 7) is 3.01. The Morgan fingerprint density at radius 3 is 2.72 bits per heavy atom. The smallest absolute Gasteiger partial charge is 0.147 e. The maximum absolute atomic E-state index is 4.48. The van der Waals surface area contributed by atoms with Gasteiger partial charge in [0.2, 0.25) is 0 Å². The molecule has 0 radical (unpaired) electrons. The summed E-state index contributed by atoms with van der Waals surface area (Å²) in [5.41, 5.74) is 2.05. The first-order chi connectivity index (χ1) is 8.86. The van der Waals surface area contributed by atoms with Gasteiger partial charge < -0.3 is 4.90 Å². The summed E-state index contributed by atoms with van der Waals surface area (Å²) in [4.78, 5) is 19.6. The molecule has 0 amide bonds. The van der Waals surface area contributed by atoms with Crippen LogP contribution in [0.2, 0.25) is 0 Å². The van der Waals surface area contributed by atoms with E-state index in [2.05, 4.69) is 24.8 Å². The average molecular weight is 241 g/mol. The third-order valence-electron chi connectivity index (χ3n) is 3.33. The number of rotatable bonds is 2. The zero-order chi connectivity index (χ0) is 12.4. The second kappa shape index (κ2) is 4.68. The molecule has 2 aromatic heterocycles. The molecule has 0 bridgehead atoms. The summed E-state index contributed by atoms with van der Waals surface area (Å²) in [7, 11) is 0. The van der Waals surface area contributed by atoms with Gasteiger partial charge >= 0.3 is 0 Å². The Labute approximate surface area is 106 Å². The summed E-state index contributed by atoms with van der Waals surface area (Å²) >= 11 is 0. The molecule has 5 nitrogen and oxygen atoms in total. The van der Waals surface area contributed by atoms with E-state index in [-0.39, 0.29) is 6.04 Å². The van der Waals surface area contributed by atoms with E-state index in [4.69, 9.17) is 0 Å². The lowest BCUT2D eigenvalue weighted by Gasteiger charge is -2.25. The number of hydrogen-bond acceptors (Lipinski definition) is 5. The molecule has 0 spiro atoms. The van der Waals surface area contributed by atoms with Gasteiger partial charge in [-0.3, -0.25) is 15.0 Å². The van der Waals surface area contributed by atoms with E-state index >= 15 is 0 Å². The number of aryl methyl sites for hydroxylation is 1. The van der Waals surface area contributed by atoms with Crippen molar-refractivity contribution >= 4 is 5.82 Å². The van der Waals surface area contributed by atoms with Crippen molar-refractivity contribution in [3.05, 3.63) is 42.4 Å². The Balaban J connectivity index is 1.95. The van der Waals surface area contributed by atoms with Gasteiger partial charge in [-0.05, 0) is 19.8 Å². The highest BCUT2D eigenvalue weighted by atomic mass is 15.2. The first-order valence-corrected chi connectivity index (χ1v) is 6.16. The van der Waals surface area contributed by atoms with Crippen molar-refractivity contribution in [2.24, 2.45) is 0 Å². The predicted molar refractivity (Wildman–Crippen MR) is 68.1 cm³/mol. The van der Waals surface area contributed by atoms with E-state index in [9.17, 15) is 0 Å². The molecule has 2 aromatic rings. The summed E-state index contributed by atoms with van der Waals surface area (Å²) < 4.78 is 0. The van der Waals surface area contributed by atoms with Crippen LogP contribution >= 0.6 is 0 Å². The zero-order valence-corrected chi connectivity index (χ0v) is 10.3. The molecule has 0 saturated carbocycles. The van der Waals surface area contributed by atoms with Crippen LogP contribution in [0.1, 0.15) is 30.3 Å². The van der Waals surface area contributed by atoms with Crippen LogP contribution in [0.5, 0.6) is 0 Å². The van der Waals surface area contributed by atoms with Crippen molar-refractivity contribution < 1.29 is 0 Å². The molecule has 1 saturated heterocycles. The second-order valence-corrected chi connectivity index (χ2v) is 4.44. The van der Waals surface area contributed by atoms with Crippen molar-refractivity contribution in [2.45, 2.75) is 25.8 Å². The minimum Gasteiger partial charge on any atom is -0.347 e. The SMILES string of the molecule is Cc1nccnc1[C@H]1CCCN1c1cnccn1. The van der Waals surface area contributed by atoms with Gasteiger partial charge in [-0.1, -0.05) is 0 Å². The molecule has 3 heterocycles. The van der Waals surface area contributed by atoms with Gasteiger partial charge in [0.15, 0.2) is 0 Å². The van der Waals surface area contributed by atoms with Gasteiger partial charge in [0.1, 0.15) is 5.82 Å². The lowest BCUT2D eigenvalue weighted by atomic mass is 10.1. The highest BCUT2D eigenvalue weighted by Gasteiger charge is 2.29. The zero-order valence-electron chi connectivity index (χ0n) is 10.3. The van der Waals surface area contributed by atoms with E-state index in [1.54, 1.807) is 24.8 Å². The Hall–Kier alpha value is -2.04. The van der Waals surface area contributed by atoms with Crippen LogP contribution in [0.3, 0.4) is 0 Å². The van der Waals surface area contributed by atoms with Gasteiger partial charge in [-0.15, -0.1) is 0 Å². The van der Waals surface area contributed by atoms with Crippen LogP contribution in [-0.2, 0) is 0 Å². The van der Waals surface area contributed by atoms with Crippen molar-refractivity contribution in [1.29, 1.82) is 0 Å². The van der Waals surface area contributed by atoms with Gasteiger partial charge in [0, 0.05) is 31.3 Å². The van der Waals surface area contributed by atoms with Crippen LogP contribution in [0.4, 0.5) is 5.82 Å². The summed E-state index contributed by atoms with van der Waals surface area (Å²) in [5.74, 6) is 0.921. The van der Waals surface area contributed by atoms with Crippen molar-refractivity contribution in [3.8, 4) is 0 Å². The topological polar surface area (TPSA) is 54.8 Å². The minimum atomic E-state index is 0.274. The molecule has 92 valence electrons. The molecule has 0 aromatic carbocycles. The Morgan fingerprint density at radius 1 is 1.11 bits per heavy atom. The van der Waals surface area contributed by atoms with Crippen LogP contribution < -0.4 is 4.90 Å². The molecule has 1 atom stereocenters. The van der Waals surface area contributed by atoms with E-state index in [1.165, 1.54) is 0 Å².